The van der Waals surface area contributed by atoms with Crippen molar-refractivity contribution < 1.29 is 4.79 Å². The predicted octanol–water partition coefficient (Wildman–Crippen LogP) is 3.06. The van der Waals surface area contributed by atoms with Gasteiger partial charge >= 0.3 is 0 Å². The van der Waals surface area contributed by atoms with E-state index in [1.165, 1.54) is 17.5 Å². The van der Waals surface area contributed by atoms with Crippen molar-refractivity contribution in [1.82, 2.24) is 10.2 Å². The summed E-state index contributed by atoms with van der Waals surface area (Å²) < 4.78 is 0. The van der Waals surface area contributed by atoms with Crippen LogP contribution in [0.3, 0.4) is 0 Å². The molecule has 1 aliphatic rings. The molecule has 0 aromatic heterocycles. The number of benzene rings is 1. The van der Waals surface area contributed by atoms with E-state index in [-0.39, 0.29) is 12.4 Å². The fourth-order valence-corrected chi connectivity index (χ4v) is 3.10. The van der Waals surface area contributed by atoms with Gasteiger partial charge in [-0.15, -0.1) is 12.4 Å². The number of aryl methyl sites for hydroxylation is 2. The van der Waals surface area contributed by atoms with Crippen LogP contribution in [0.5, 0.6) is 0 Å². The van der Waals surface area contributed by atoms with Crippen LogP contribution >= 0.6 is 12.4 Å². The fourth-order valence-electron chi connectivity index (χ4n) is 3.10. The number of carbonyl (C=O) groups excluding carboxylic acids is 1. The fraction of sp³-hybridized carbons (Fsp3) is 0.611. The summed E-state index contributed by atoms with van der Waals surface area (Å²) in [7, 11) is 1.99. The lowest BCUT2D eigenvalue weighted by molar-refractivity contribution is -0.132. The highest BCUT2D eigenvalue weighted by Gasteiger charge is 2.22. The third-order valence-corrected chi connectivity index (χ3v) is 4.42. The molecule has 0 bridgehead atoms. The number of piperidine rings is 1. The van der Waals surface area contributed by atoms with Crippen LogP contribution in [0.1, 0.15) is 37.3 Å². The van der Waals surface area contributed by atoms with Gasteiger partial charge < -0.3 is 10.2 Å². The molecule has 1 unspecified atom stereocenters. The Morgan fingerprint density at radius 1 is 1.27 bits per heavy atom. The molecule has 3 nitrogen and oxygen atoms in total. The zero-order chi connectivity index (χ0) is 15.1. The van der Waals surface area contributed by atoms with Crippen LogP contribution in [0.25, 0.3) is 0 Å². The van der Waals surface area contributed by atoms with Gasteiger partial charge in [0.1, 0.15) is 0 Å². The van der Waals surface area contributed by atoms with Crippen molar-refractivity contribution >= 4 is 18.3 Å². The number of carbonyl (C=O) groups is 1. The lowest BCUT2D eigenvalue weighted by Crippen LogP contribution is -2.42. The van der Waals surface area contributed by atoms with Crippen LogP contribution in [0, 0.1) is 5.92 Å². The second-order valence-corrected chi connectivity index (χ2v) is 6.08. The van der Waals surface area contributed by atoms with Gasteiger partial charge in [0.2, 0.25) is 5.91 Å². The molecular formula is C18H29ClN2O. The van der Waals surface area contributed by atoms with E-state index in [0.29, 0.717) is 18.2 Å². The molecule has 1 aromatic carbocycles. The van der Waals surface area contributed by atoms with E-state index < -0.39 is 0 Å². The van der Waals surface area contributed by atoms with Crippen LogP contribution in [-0.2, 0) is 17.6 Å². The summed E-state index contributed by atoms with van der Waals surface area (Å²) in [6.07, 6.45) is 4.94. The first-order valence-electron chi connectivity index (χ1n) is 8.23. The molecule has 1 amide bonds. The van der Waals surface area contributed by atoms with E-state index in [4.69, 9.17) is 0 Å². The number of halogens is 1. The highest BCUT2D eigenvalue weighted by Crippen LogP contribution is 2.17. The van der Waals surface area contributed by atoms with Gasteiger partial charge in [0.15, 0.2) is 0 Å². The van der Waals surface area contributed by atoms with Gasteiger partial charge in [0.25, 0.3) is 0 Å². The Labute approximate surface area is 140 Å². The molecule has 1 saturated heterocycles. The number of nitrogens with one attached hydrogen (secondary N) is 1. The summed E-state index contributed by atoms with van der Waals surface area (Å²) in [5.41, 5.74) is 2.63. The summed E-state index contributed by atoms with van der Waals surface area (Å²) in [6.45, 7) is 5.04. The molecule has 0 radical (unpaired) electrons. The third-order valence-electron chi connectivity index (χ3n) is 4.42. The maximum atomic E-state index is 12.3. The normalized spacial score (nSPS) is 17.9. The first kappa shape index (κ1) is 19.0. The van der Waals surface area contributed by atoms with Crippen molar-refractivity contribution in [1.29, 1.82) is 0 Å². The molecular weight excluding hydrogens is 296 g/mol. The third kappa shape index (κ3) is 5.62. The highest BCUT2D eigenvalue weighted by molar-refractivity contribution is 5.85. The summed E-state index contributed by atoms with van der Waals surface area (Å²) in [5.74, 6) is 0.937. The van der Waals surface area contributed by atoms with Crippen LogP contribution < -0.4 is 5.32 Å². The van der Waals surface area contributed by atoms with Crippen molar-refractivity contribution in [2.24, 2.45) is 5.92 Å². The number of rotatable bonds is 6. The molecule has 1 atom stereocenters. The quantitative estimate of drug-likeness (QED) is 0.872. The first-order valence-corrected chi connectivity index (χ1v) is 8.23. The van der Waals surface area contributed by atoms with Crippen LogP contribution in [0.2, 0.25) is 0 Å². The van der Waals surface area contributed by atoms with E-state index in [2.05, 4.69) is 41.4 Å². The van der Waals surface area contributed by atoms with Crippen molar-refractivity contribution in [3.63, 3.8) is 0 Å². The summed E-state index contributed by atoms with van der Waals surface area (Å²) in [5, 5.41) is 3.23. The molecule has 1 fully saturated rings. The number of hydrogen-bond donors (Lipinski definition) is 1. The first-order chi connectivity index (χ1) is 10.2. The molecule has 124 valence electrons. The lowest BCUT2D eigenvalue weighted by Gasteiger charge is -2.32. The van der Waals surface area contributed by atoms with Gasteiger partial charge in [0, 0.05) is 19.5 Å². The van der Waals surface area contributed by atoms with E-state index in [1.54, 1.807) is 0 Å². The van der Waals surface area contributed by atoms with Gasteiger partial charge in [-0.05, 0) is 56.3 Å². The van der Waals surface area contributed by atoms with E-state index in [9.17, 15) is 4.79 Å². The molecule has 1 N–H and O–H groups in total. The standard InChI is InChI=1S/C18H28N2O.ClH/c1-3-15-6-8-16(9-7-15)10-11-18(21)20-12-4-5-17(14-20)13-19-2;/h6-9,17,19H,3-5,10-14H2,1-2H3;1H. The molecule has 2 rings (SSSR count). The minimum Gasteiger partial charge on any atom is -0.342 e. The second kappa shape index (κ2) is 9.86. The van der Waals surface area contributed by atoms with Crippen molar-refractivity contribution in [2.75, 3.05) is 26.7 Å². The maximum Gasteiger partial charge on any atom is 0.222 e. The van der Waals surface area contributed by atoms with Crippen LogP contribution in [-0.4, -0.2) is 37.5 Å². The Bertz CT molecular complexity index is 445. The van der Waals surface area contributed by atoms with Gasteiger partial charge in [-0.1, -0.05) is 31.2 Å². The minimum atomic E-state index is 0. The van der Waals surface area contributed by atoms with Crippen LogP contribution in [0.15, 0.2) is 24.3 Å². The smallest absolute Gasteiger partial charge is 0.222 e. The monoisotopic (exact) mass is 324 g/mol. The zero-order valence-electron chi connectivity index (χ0n) is 13.8. The number of amides is 1. The Balaban J connectivity index is 0.00000242. The van der Waals surface area contributed by atoms with Crippen molar-refractivity contribution in [3.8, 4) is 0 Å². The molecule has 1 heterocycles. The number of nitrogens with zero attached hydrogens (tertiary/aromatic N) is 1. The number of hydrogen-bond acceptors (Lipinski definition) is 2. The van der Waals surface area contributed by atoms with Crippen LogP contribution in [0.4, 0.5) is 0 Å². The van der Waals surface area contributed by atoms with Crippen molar-refractivity contribution in [3.05, 3.63) is 35.4 Å². The highest BCUT2D eigenvalue weighted by atomic mass is 35.5. The summed E-state index contributed by atoms with van der Waals surface area (Å²) >= 11 is 0. The molecule has 22 heavy (non-hydrogen) atoms. The van der Waals surface area contributed by atoms with E-state index in [1.807, 2.05) is 7.05 Å². The van der Waals surface area contributed by atoms with E-state index in [0.717, 1.165) is 38.9 Å². The SMILES string of the molecule is CCc1ccc(CCC(=O)N2CCCC(CNC)C2)cc1.Cl. The average Bonchev–Trinajstić information content (AvgIpc) is 2.53. The van der Waals surface area contributed by atoms with Gasteiger partial charge in [-0.2, -0.15) is 0 Å². The maximum absolute atomic E-state index is 12.3. The zero-order valence-corrected chi connectivity index (χ0v) is 14.6. The largest absolute Gasteiger partial charge is 0.342 e. The Morgan fingerprint density at radius 3 is 2.59 bits per heavy atom. The van der Waals surface area contributed by atoms with Gasteiger partial charge in [0.05, 0.1) is 0 Å². The lowest BCUT2D eigenvalue weighted by atomic mass is 9.97. The minimum absolute atomic E-state index is 0. The summed E-state index contributed by atoms with van der Waals surface area (Å²) in [4.78, 5) is 14.4. The molecule has 1 aliphatic heterocycles. The molecule has 1 aromatic rings. The topological polar surface area (TPSA) is 32.3 Å². The Kier molecular flexibility index (Phi) is 8.51. The van der Waals surface area contributed by atoms with Gasteiger partial charge in [-0.3, -0.25) is 4.79 Å². The predicted molar refractivity (Wildman–Crippen MR) is 94.6 cm³/mol. The molecule has 0 saturated carbocycles. The molecule has 4 heteroatoms. The molecule has 0 spiro atoms. The Morgan fingerprint density at radius 2 is 1.95 bits per heavy atom. The average molecular weight is 325 g/mol. The second-order valence-electron chi connectivity index (χ2n) is 6.08. The number of likely N-dealkylation sites (tertiary alicyclic amines) is 1. The van der Waals surface area contributed by atoms with Crippen molar-refractivity contribution in [2.45, 2.75) is 39.0 Å². The van der Waals surface area contributed by atoms with Gasteiger partial charge in [-0.25, -0.2) is 0 Å². The molecule has 0 aliphatic carbocycles. The van der Waals surface area contributed by atoms with E-state index >= 15 is 0 Å². The summed E-state index contributed by atoms with van der Waals surface area (Å²) in [6, 6.07) is 8.66. The Hall–Kier alpha value is -1.06.